The van der Waals surface area contributed by atoms with Gasteiger partial charge in [-0.25, -0.2) is 0 Å². The summed E-state index contributed by atoms with van der Waals surface area (Å²) in [6.45, 7) is 7.99. The molecule has 0 saturated heterocycles. The van der Waals surface area contributed by atoms with E-state index >= 15 is 0 Å². The average Bonchev–Trinajstić information content (AvgIpc) is 1.91. The van der Waals surface area contributed by atoms with Crippen molar-refractivity contribution in [1.82, 2.24) is 0 Å². The van der Waals surface area contributed by atoms with Crippen LogP contribution in [0.15, 0.2) is 18.1 Å². The summed E-state index contributed by atoms with van der Waals surface area (Å²) in [4.78, 5) is 0. The van der Waals surface area contributed by atoms with Crippen LogP contribution < -0.4 is 0 Å². The van der Waals surface area contributed by atoms with E-state index in [0.29, 0.717) is 12.4 Å². The third-order valence-electron chi connectivity index (χ3n) is 1.18. The molecular formula is C8H14O2. The first-order chi connectivity index (χ1) is 4.76. The molecule has 0 aliphatic carbocycles. The van der Waals surface area contributed by atoms with Crippen LogP contribution >= 0.6 is 0 Å². The smallest absolute Gasteiger partial charge is 0.166 e. The topological polar surface area (TPSA) is 18.5 Å². The fourth-order valence-electron chi connectivity index (χ4n) is 0.708. The van der Waals surface area contributed by atoms with Gasteiger partial charge in [0.15, 0.2) is 5.76 Å². The Morgan fingerprint density at radius 2 is 2.30 bits per heavy atom. The molecule has 0 aromatic heterocycles. The summed E-state index contributed by atoms with van der Waals surface area (Å²) in [6.07, 6.45) is -0.0347. The molecule has 0 aromatic carbocycles. The number of rotatable bonds is 4. The van der Waals surface area contributed by atoms with Crippen LogP contribution in [0.25, 0.3) is 0 Å². The summed E-state index contributed by atoms with van der Waals surface area (Å²) < 4.78 is 10.2. The van der Waals surface area contributed by atoms with Gasteiger partial charge >= 0.3 is 0 Å². The molecule has 2 nitrogen and oxygen atoms in total. The fraction of sp³-hybridized carbons (Fsp3) is 0.625. The molecule has 0 bridgehead atoms. The molecule has 0 rings (SSSR count). The number of hydrogen-bond acceptors (Lipinski definition) is 2. The fourth-order valence-corrected chi connectivity index (χ4v) is 0.708. The molecule has 0 aromatic rings. The van der Waals surface area contributed by atoms with Gasteiger partial charge in [-0.05, 0) is 13.8 Å². The van der Waals surface area contributed by atoms with Gasteiger partial charge in [0.25, 0.3) is 0 Å². The lowest BCUT2D eigenvalue weighted by Crippen LogP contribution is -2.11. The van der Waals surface area contributed by atoms with Crippen molar-refractivity contribution in [2.24, 2.45) is 0 Å². The maximum absolute atomic E-state index is 5.22. The van der Waals surface area contributed by atoms with E-state index in [4.69, 9.17) is 9.47 Å². The van der Waals surface area contributed by atoms with Gasteiger partial charge in [0.05, 0.1) is 7.11 Å². The van der Waals surface area contributed by atoms with Crippen molar-refractivity contribution in [1.29, 1.82) is 0 Å². The Morgan fingerprint density at radius 3 is 2.60 bits per heavy atom. The normalized spacial score (nSPS) is 11.9. The molecule has 2 heteroatoms. The Labute approximate surface area is 62.1 Å². The van der Waals surface area contributed by atoms with E-state index in [-0.39, 0.29) is 6.10 Å². The van der Waals surface area contributed by atoms with Crippen LogP contribution in [0.1, 0.15) is 13.8 Å². The molecule has 0 amide bonds. The Hall–Kier alpha value is -0.720. The molecule has 0 fully saturated rings. The van der Waals surface area contributed by atoms with Crippen LogP contribution in [0.3, 0.4) is 0 Å². The van der Waals surface area contributed by atoms with E-state index in [1.165, 1.54) is 0 Å². The summed E-state index contributed by atoms with van der Waals surface area (Å²) in [6, 6.07) is 0. The van der Waals surface area contributed by atoms with Gasteiger partial charge < -0.3 is 9.47 Å². The van der Waals surface area contributed by atoms with E-state index in [2.05, 4.69) is 12.3 Å². The predicted molar refractivity (Wildman–Crippen MR) is 40.8 cm³/mol. The summed E-state index contributed by atoms with van der Waals surface area (Å²) in [7, 11) is 1.59. The van der Waals surface area contributed by atoms with Crippen molar-refractivity contribution in [3.8, 4) is 0 Å². The van der Waals surface area contributed by atoms with Gasteiger partial charge in [0.2, 0.25) is 0 Å². The van der Waals surface area contributed by atoms with Gasteiger partial charge in [-0.15, -0.1) is 0 Å². The molecule has 0 radical (unpaired) electrons. The summed E-state index contributed by atoms with van der Waals surface area (Å²) in [5.74, 6) is 0.654. The minimum absolute atomic E-state index is 0.0347. The van der Waals surface area contributed by atoms with Gasteiger partial charge in [-0.3, -0.25) is 0 Å². The standard InChI is InChI=1S/C8H14O2/c1-5-8(9-4)7(3)10-6-2/h7H,1,6H2,2-4H3. The Balaban J connectivity index is 3.90. The van der Waals surface area contributed by atoms with Crippen molar-refractivity contribution < 1.29 is 9.47 Å². The maximum Gasteiger partial charge on any atom is 0.166 e. The number of methoxy groups -OCH3 is 1. The van der Waals surface area contributed by atoms with Gasteiger partial charge in [-0.2, -0.15) is 0 Å². The van der Waals surface area contributed by atoms with Crippen molar-refractivity contribution in [3.63, 3.8) is 0 Å². The summed E-state index contributed by atoms with van der Waals surface area (Å²) in [5.41, 5.74) is 2.66. The quantitative estimate of drug-likeness (QED) is 0.439. The molecule has 0 saturated carbocycles. The maximum atomic E-state index is 5.22. The SMILES string of the molecule is C=C=C(OC)C(C)OCC. The van der Waals surface area contributed by atoms with Crippen LogP contribution in [-0.2, 0) is 9.47 Å². The molecule has 1 unspecified atom stereocenters. The molecule has 0 heterocycles. The minimum Gasteiger partial charge on any atom is -0.490 e. The molecule has 58 valence electrons. The lowest BCUT2D eigenvalue weighted by atomic mass is 10.3. The van der Waals surface area contributed by atoms with Crippen molar-refractivity contribution in [3.05, 3.63) is 18.1 Å². The molecule has 0 aliphatic rings. The third-order valence-corrected chi connectivity index (χ3v) is 1.18. The molecule has 10 heavy (non-hydrogen) atoms. The zero-order valence-electron chi connectivity index (χ0n) is 6.81. The van der Waals surface area contributed by atoms with Crippen LogP contribution in [0.5, 0.6) is 0 Å². The van der Waals surface area contributed by atoms with Crippen LogP contribution in [0.4, 0.5) is 0 Å². The van der Waals surface area contributed by atoms with Crippen molar-refractivity contribution >= 4 is 0 Å². The van der Waals surface area contributed by atoms with E-state index in [1.807, 2.05) is 13.8 Å². The van der Waals surface area contributed by atoms with Gasteiger partial charge in [-0.1, -0.05) is 12.3 Å². The largest absolute Gasteiger partial charge is 0.490 e. The molecule has 0 N–H and O–H groups in total. The van der Waals surface area contributed by atoms with Crippen LogP contribution in [0.2, 0.25) is 0 Å². The summed E-state index contributed by atoms with van der Waals surface area (Å²) >= 11 is 0. The summed E-state index contributed by atoms with van der Waals surface area (Å²) in [5, 5.41) is 0. The zero-order valence-corrected chi connectivity index (χ0v) is 6.81. The highest BCUT2D eigenvalue weighted by molar-refractivity contribution is 4.94. The first-order valence-electron chi connectivity index (χ1n) is 3.31. The molecule has 0 spiro atoms. The zero-order chi connectivity index (χ0) is 7.98. The Kier molecular flexibility index (Phi) is 4.73. The van der Waals surface area contributed by atoms with E-state index in [0.717, 1.165) is 0 Å². The van der Waals surface area contributed by atoms with Gasteiger partial charge in [0.1, 0.15) is 6.10 Å². The van der Waals surface area contributed by atoms with Gasteiger partial charge in [0, 0.05) is 6.61 Å². The third kappa shape index (κ3) is 2.72. The lowest BCUT2D eigenvalue weighted by molar-refractivity contribution is 0.0598. The monoisotopic (exact) mass is 142 g/mol. The first kappa shape index (κ1) is 9.28. The Bertz CT molecular complexity index is 134. The Morgan fingerprint density at radius 1 is 1.70 bits per heavy atom. The predicted octanol–water partition coefficient (Wildman–Crippen LogP) is 1.73. The highest BCUT2D eigenvalue weighted by Crippen LogP contribution is 2.03. The minimum atomic E-state index is -0.0347. The van der Waals surface area contributed by atoms with Crippen LogP contribution in [-0.4, -0.2) is 19.8 Å². The van der Waals surface area contributed by atoms with E-state index in [9.17, 15) is 0 Å². The highest BCUT2D eigenvalue weighted by Gasteiger charge is 2.05. The second-order valence-electron chi connectivity index (χ2n) is 1.84. The van der Waals surface area contributed by atoms with E-state index < -0.39 is 0 Å². The molecule has 1 atom stereocenters. The van der Waals surface area contributed by atoms with Crippen molar-refractivity contribution in [2.75, 3.05) is 13.7 Å². The van der Waals surface area contributed by atoms with E-state index in [1.54, 1.807) is 7.11 Å². The molecule has 0 aliphatic heterocycles. The first-order valence-corrected chi connectivity index (χ1v) is 3.31. The number of ether oxygens (including phenoxy) is 2. The number of hydrogen-bond donors (Lipinski definition) is 0. The lowest BCUT2D eigenvalue weighted by Gasteiger charge is -2.11. The second kappa shape index (κ2) is 5.10. The molecular weight excluding hydrogens is 128 g/mol. The average molecular weight is 142 g/mol. The second-order valence-corrected chi connectivity index (χ2v) is 1.84. The van der Waals surface area contributed by atoms with Crippen LogP contribution in [0, 0.1) is 0 Å². The van der Waals surface area contributed by atoms with Crippen molar-refractivity contribution in [2.45, 2.75) is 20.0 Å². The highest BCUT2D eigenvalue weighted by atomic mass is 16.5.